The Kier molecular flexibility index (Phi) is 4.22. The minimum Gasteiger partial charge on any atom is -0.368 e. The van der Waals surface area contributed by atoms with E-state index in [0.717, 1.165) is 37.4 Å². The van der Waals surface area contributed by atoms with Crippen LogP contribution in [0.1, 0.15) is 24.5 Å². The summed E-state index contributed by atoms with van der Waals surface area (Å²) < 4.78 is 0. The summed E-state index contributed by atoms with van der Waals surface area (Å²) in [7, 11) is 0. The fourth-order valence-corrected chi connectivity index (χ4v) is 2.68. The van der Waals surface area contributed by atoms with E-state index in [2.05, 4.69) is 35.8 Å². The lowest BCUT2D eigenvalue weighted by atomic mass is 10.1. The van der Waals surface area contributed by atoms with E-state index in [1.807, 2.05) is 12.1 Å². The normalized spacial score (nSPS) is 16.6. The number of hydrogen-bond acceptors (Lipinski definition) is 3. The molecule has 0 aromatic heterocycles. The van der Waals surface area contributed by atoms with Gasteiger partial charge in [-0.3, -0.25) is 4.90 Å². The quantitative estimate of drug-likeness (QED) is 0.816. The summed E-state index contributed by atoms with van der Waals surface area (Å²) in [6.07, 6.45) is 1.22. The van der Waals surface area contributed by atoms with Gasteiger partial charge in [0.05, 0.1) is 11.3 Å². The molecule has 0 N–H and O–H groups in total. The predicted octanol–water partition coefficient (Wildman–Crippen LogP) is 2.40. The molecule has 1 fully saturated rings. The second-order valence-corrected chi connectivity index (χ2v) is 4.91. The minimum atomic E-state index is 0.805. The standard InChI is InChI=1S/C15H21N3/c1-3-7-17-8-10-18(11-9-17)15-13(2)5-4-6-14(15)12-16/h4-6H,3,7-11H2,1-2H3. The van der Waals surface area contributed by atoms with Crippen molar-refractivity contribution in [1.29, 1.82) is 5.26 Å². The third-order valence-corrected chi connectivity index (χ3v) is 3.59. The molecule has 0 unspecified atom stereocenters. The zero-order valence-electron chi connectivity index (χ0n) is 11.3. The molecular weight excluding hydrogens is 222 g/mol. The Balaban J connectivity index is 2.13. The Morgan fingerprint density at radius 3 is 2.56 bits per heavy atom. The Hall–Kier alpha value is -1.53. The molecule has 1 aromatic rings. The van der Waals surface area contributed by atoms with Crippen molar-refractivity contribution in [2.75, 3.05) is 37.6 Å². The second kappa shape index (κ2) is 5.88. The summed E-state index contributed by atoms with van der Waals surface area (Å²) in [5.41, 5.74) is 3.15. The first kappa shape index (κ1) is 12.9. The molecule has 0 saturated carbocycles. The highest BCUT2D eigenvalue weighted by Crippen LogP contribution is 2.25. The van der Waals surface area contributed by atoms with Gasteiger partial charge in [0.2, 0.25) is 0 Å². The maximum atomic E-state index is 9.22. The molecule has 96 valence electrons. The van der Waals surface area contributed by atoms with E-state index in [4.69, 9.17) is 0 Å². The Bertz CT molecular complexity index is 440. The molecule has 0 atom stereocenters. The summed E-state index contributed by atoms with van der Waals surface area (Å²) in [6.45, 7) is 9.77. The zero-order valence-corrected chi connectivity index (χ0v) is 11.3. The van der Waals surface area contributed by atoms with E-state index in [9.17, 15) is 5.26 Å². The van der Waals surface area contributed by atoms with Crippen LogP contribution in [-0.2, 0) is 0 Å². The molecule has 0 spiro atoms. The van der Waals surface area contributed by atoms with E-state index >= 15 is 0 Å². The summed E-state index contributed by atoms with van der Waals surface area (Å²) in [5.74, 6) is 0. The molecule has 2 rings (SSSR count). The number of nitrogens with zero attached hydrogens (tertiary/aromatic N) is 3. The smallest absolute Gasteiger partial charge is 0.101 e. The van der Waals surface area contributed by atoms with Crippen LogP contribution in [0.15, 0.2) is 18.2 Å². The van der Waals surface area contributed by atoms with Crippen LogP contribution >= 0.6 is 0 Å². The molecule has 3 heteroatoms. The number of benzene rings is 1. The molecule has 1 saturated heterocycles. The highest BCUT2D eigenvalue weighted by atomic mass is 15.3. The topological polar surface area (TPSA) is 30.3 Å². The summed E-state index contributed by atoms with van der Waals surface area (Å²) in [6, 6.07) is 8.29. The van der Waals surface area contributed by atoms with Crippen molar-refractivity contribution in [3.8, 4) is 6.07 Å². The first-order valence-electron chi connectivity index (χ1n) is 6.73. The van der Waals surface area contributed by atoms with Crippen molar-refractivity contribution in [3.05, 3.63) is 29.3 Å². The Morgan fingerprint density at radius 1 is 1.22 bits per heavy atom. The van der Waals surface area contributed by atoms with E-state index in [0.29, 0.717) is 0 Å². The van der Waals surface area contributed by atoms with Crippen LogP contribution in [0.25, 0.3) is 0 Å². The van der Waals surface area contributed by atoms with Gasteiger partial charge in [-0.15, -0.1) is 0 Å². The van der Waals surface area contributed by atoms with Crippen LogP contribution in [0.2, 0.25) is 0 Å². The third-order valence-electron chi connectivity index (χ3n) is 3.59. The van der Waals surface area contributed by atoms with Gasteiger partial charge in [0.1, 0.15) is 6.07 Å². The second-order valence-electron chi connectivity index (χ2n) is 4.91. The molecule has 18 heavy (non-hydrogen) atoms. The number of para-hydroxylation sites is 1. The fraction of sp³-hybridized carbons (Fsp3) is 0.533. The van der Waals surface area contributed by atoms with Gasteiger partial charge >= 0.3 is 0 Å². The van der Waals surface area contributed by atoms with E-state index in [-0.39, 0.29) is 0 Å². The van der Waals surface area contributed by atoms with Crippen molar-refractivity contribution in [2.45, 2.75) is 20.3 Å². The highest BCUT2D eigenvalue weighted by molar-refractivity contribution is 5.64. The molecule has 0 radical (unpaired) electrons. The summed E-state index contributed by atoms with van der Waals surface area (Å²) >= 11 is 0. The first-order chi connectivity index (χ1) is 8.76. The van der Waals surface area contributed by atoms with Gasteiger partial charge in [-0.05, 0) is 31.5 Å². The van der Waals surface area contributed by atoms with Gasteiger partial charge in [-0.2, -0.15) is 5.26 Å². The number of piperazine rings is 1. The molecular formula is C15H21N3. The molecule has 1 heterocycles. The number of nitriles is 1. The number of anilines is 1. The monoisotopic (exact) mass is 243 g/mol. The van der Waals surface area contributed by atoms with Gasteiger partial charge in [0.25, 0.3) is 0 Å². The summed E-state index contributed by atoms with van der Waals surface area (Å²) in [4.78, 5) is 4.86. The maximum absolute atomic E-state index is 9.22. The SMILES string of the molecule is CCCN1CCN(c2c(C)cccc2C#N)CC1. The van der Waals surface area contributed by atoms with Crippen molar-refractivity contribution >= 4 is 5.69 Å². The lowest BCUT2D eigenvalue weighted by Gasteiger charge is -2.37. The molecule has 3 nitrogen and oxygen atoms in total. The van der Waals surface area contributed by atoms with Gasteiger partial charge < -0.3 is 4.90 Å². The van der Waals surface area contributed by atoms with Gasteiger partial charge in [-0.25, -0.2) is 0 Å². The van der Waals surface area contributed by atoms with E-state index in [1.165, 1.54) is 18.5 Å². The molecule has 1 aliphatic rings. The maximum Gasteiger partial charge on any atom is 0.101 e. The van der Waals surface area contributed by atoms with Crippen molar-refractivity contribution in [2.24, 2.45) is 0 Å². The largest absolute Gasteiger partial charge is 0.368 e. The van der Waals surface area contributed by atoms with Gasteiger partial charge in [-0.1, -0.05) is 19.1 Å². The van der Waals surface area contributed by atoms with Crippen LogP contribution in [-0.4, -0.2) is 37.6 Å². The fourth-order valence-electron chi connectivity index (χ4n) is 2.68. The third kappa shape index (κ3) is 2.65. The molecule has 0 bridgehead atoms. The van der Waals surface area contributed by atoms with E-state index < -0.39 is 0 Å². The lowest BCUT2D eigenvalue weighted by molar-refractivity contribution is 0.258. The van der Waals surface area contributed by atoms with Gasteiger partial charge in [0.15, 0.2) is 0 Å². The van der Waals surface area contributed by atoms with Crippen LogP contribution in [0.4, 0.5) is 5.69 Å². The van der Waals surface area contributed by atoms with E-state index in [1.54, 1.807) is 0 Å². The predicted molar refractivity (Wildman–Crippen MR) is 74.8 cm³/mol. The van der Waals surface area contributed by atoms with Crippen LogP contribution < -0.4 is 4.90 Å². The number of rotatable bonds is 3. The van der Waals surface area contributed by atoms with Crippen molar-refractivity contribution in [3.63, 3.8) is 0 Å². The number of hydrogen-bond donors (Lipinski definition) is 0. The van der Waals surface area contributed by atoms with Crippen LogP contribution in [0, 0.1) is 18.3 Å². The summed E-state index contributed by atoms with van der Waals surface area (Å²) in [5, 5.41) is 9.22. The number of aryl methyl sites for hydroxylation is 1. The zero-order chi connectivity index (χ0) is 13.0. The van der Waals surface area contributed by atoms with Crippen LogP contribution in [0.5, 0.6) is 0 Å². The average molecular weight is 243 g/mol. The van der Waals surface area contributed by atoms with Crippen molar-refractivity contribution in [1.82, 2.24) is 4.90 Å². The molecule has 1 aliphatic heterocycles. The molecule has 0 aliphatic carbocycles. The minimum absolute atomic E-state index is 0.805. The molecule has 1 aromatic carbocycles. The first-order valence-corrected chi connectivity index (χ1v) is 6.73. The van der Waals surface area contributed by atoms with Crippen molar-refractivity contribution < 1.29 is 0 Å². The average Bonchev–Trinajstić information content (AvgIpc) is 2.40. The Morgan fingerprint density at radius 2 is 1.94 bits per heavy atom. The highest BCUT2D eigenvalue weighted by Gasteiger charge is 2.19. The van der Waals surface area contributed by atoms with Gasteiger partial charge in [0, 0.05) is 26.2 Å². The lowest BCUT2D eigenvalue weighted by Crippen LogP contribution is -2.47. The Labute approximate surface area is 110 Å². The van der Waals surface area contributed by atoms with Crippen LogP contribution in [0.3, 0.4) is 0 Å². The molecule has 0 amide bonds.